The summed E-state index contributed by atoms with van der Waals surface area (Å²) in [6.07, 6.45) is 0. The van der Waals surface area contributed by atoms with Crippen LogP contribution in [-0.4, -0.2) is 21.1 Å². The smallest absolute Gasteiger partial charge is 0.0661 e. The van der Waals surface area contributed by atoms with E-state index in [9.17, 15) is 0 Å². The van der Waals surface area contributed by atoms with Gasteiger partial charge in [-0.3, -0.25) is 0 Å². The highest BCUT2D eigenvalue weighted by molar-refractivity contribution is 3.59. The van der Waals surface area contributed by atoms with Crippen LogP contribution in [0.5, 0.6) is 0 Å². The first-order chi connectivity index (χ1) is 1.73. The fourth-order valence-corrected chi connectivity index (χ4v) is 0. The zero-order valence-electron chi connectivity index (χ0n) is 4.50. The third kappa shape index (κ3) is 9510. The molecule has 0 saturated carbocycles. The minimum absolute atomic E-state index is 0. The second kappa shape index (κ2) is 3.96. The van der Waals surface area contributed by atoms with Gasteiger partial charge < -0.3 is 12.3 Å². The second-order valence-electron chi connectivity index (χ2n) is 1.50. The van der Waals surface area contributed by atoms with Gasteiger partial charge >= 0.3 is 0 Å². The van der Waals surface area contributed by atoms with Gasteiger partial charge in [-0.05, 0) is 0 Å². The molecular formula is C4H13N. The average molecular weight is 75.2 g/mol. The van der Waals surface area contributed by atoms with Gasteiger partial charge in [-0.1, -0.05) is 0 Å². The van der Waals surface area contributed by atoms with Crippen LogP contribution in [0, 0.1) is 7.43 Å². The lowest BCUT2D eigenvalue weighted by molar-refractivity contribution is -0.836. The highest BCUT2D eigenvalue weighted by Crippen LogP contribution is 0.864. The maximum atomic E-state index is 2.08. The molecule has 0 unspecified atom stereocenters. The van der Waals surface area contributed by atoms with Crippen LogP contribution >= 0.6 is 0 Å². The SMILES string of the molecule is C[NH+](C)C.[CH3-]. The van der Waals surface area contributed by atoms with Crippen molar-refractivity contribution in [2.75, 3.05) is 21.1 Å². The van der Waals surface area contributed by atoms with Crippen LogP contribution in [0.1, 0.15) is 0 Å². The van der Waals surface area contributed by atoms with Gasteiger partial charge in [0.25, 0.3) is 0 Å². The summed E-state index contributed by atoms with van der Waals surface area (Å²) in [6, 6.07) is 0. The maximum Gasteiger partial charge on any atom is 0.0661 e. The van der Waals surface area contributed by atoms with Crippen molar-refractivity contribution < 1.29 is 4.90 Å². The lowest BCUT2D eigenvalue weighted by atomic mass is 11.0. The van der Waals surface area contributed by atoms with Gasteiger partial charge in [0.05, 0.1) is 21.1 Å². The van der Waals surface area contributed by atoms with E-state index in [4.69, 9.17) is 0 Å². The molecule has 0 aliphatic heterocycles. The Kier molecular flexibility index (Phi) is 7.03. The summed E-state index contributed by atoms with van der Waals surface area (Å²) in [5, 5.41) is 0. The molecule has 1 N–H and O–H groups in total. The molecule has 34 valence electrons. The van der Waals surface area contributed by atoms with E-state index in [-0.39, 0.29) is 7.43 Å². The minimum Gasteiger partial charge on any atom is -0.358 e. The zero-order valence-corrected chi connectivity index (χ0v) is 4.50. The van der Waals surface area contributed by atoms with Crippen LogP contribution in [0.15, 0.2) is 0 Å². The lowest BCUT2D eigenvalue weighted by Gasteiger charge is -1.88. The van der Waals surface area contributed by atoms with Crippen molar-refractivity contribution in [3.8, 4) is 0 Å². The van der Waals surface area contributed by atoms with Crippen molar-refractivity contribution in [2.24, 2.45) is 0 Å². The second-order valence-corrected chi connectivity index (χ2v) is 1.50. The Balaban J connectivity index is 0. The molecule has 5 heavy (non-hydrogen) atoms. The minimum atomic E-state index is 0. The maximum absolute atomic E-state index is 2.08. The highest BCUT2D eigenvalue weighted by Gasteiger charge is 1.61. The molecule has 0 rings (SSSR count). The van der Waals surface area contributed by atoms with E-state index >= 15 is 0 Å². The van der Waals surface area contributed by atoms with Gasteiger partial charge in [0.15, 0.2) is 0 Å². The van der Waals surface area contributed by atoms with E-state index in [1.165, 1.54) is 4.90 Å². The predicted molar refractivity (Wildman–Crippen MR) is 25.1 cm³/mol. The summed E-state index contributed by atoms with van der Waals surface area (Å²) in [5.41, 5.74) is 0. The Bertz CT molecular complexity index is 8.36. The van der Waals surface area contributed by atoms with E-state index in [1.807, 2.05) is 0 Å². The van der Waals surface area contributed by atoms with Crippen LogP contribution in [0.25, 0.3) is 0 Å². The van der Waals surface area contributed by atoms with Gasteiger partial charge in [-0.25, -0.2) is 0 Å². The van der Waals surface area contributed by atoms with Crippen LogP contribution < -0.4 is 4.90 Å². The lowest BCUT2D eigenvalue weighted by Crippen LogP contribution is -3.02. The first-order valence-corrected chi connectivity index (χ1v) is 1.50. The van der Waals surface area contributed by atoms with E-state index in [1.54, 1.807) is 0 Å². The van der Waals surface area contributed by atoms with Gasteiger partial charge in [0, 0.05) is 0 Å². The molecule has 0 aromatic heterocycles. The third-order valence-electron chi connectivity index (χ3n) is 0. The van der Waals surface area contributed by atoms with Crippen LogP contribution in [-0.2, 0) is 0 Å². The van der Waals surface area contributed by atoms with Crippen molar-refractivity contribution in [3.63, 3.8) is 0 Å². The van der Waals surface area contributed by atoms with E-state index in [0.29, 0.717) is 0 Å². The van der Waals surface area contributed by atoms with Gasteiger partial charge in [-0.2, -0.15) is 0 Å². The Labute approximate surface area is 34.6 Å². The topological polar surface area (TPSA) is 4.44 Å². The molecule has 0 aliphatic rings. The molecule has 0 aromatic carbocycles. The molecule has 0 atom stereocenters. The molecule has 0 radical (unpaired) electrons. The zero-order chi connectivity index (χ0) is 3.58. The number of quaternary nitrogens is 1. The molecule has 0 saturated heterocycles. The van der Waals surface area contributed by atoms with Crippen molar-refractivity contribution in [2.45, 2.75) is 0 Å². The normalized spacial score (nSPS) is 7.20. The largest absolute Gasteiger partial charge is 0.358 e. The quantitative estimate of drug-likeness (QED) is 0.360. The van der Waals surface area contributed by atoms with E-state index in [2.05, 4.69) is 21.1 Å². The fourth-order valence-electron chi connectivity index (χ4n) is 0. The Morgan fingerprint density at radius 1 is 1.00 bits per heavy atom. The molecule has 0 bridgehead atoms. The number of hydrogen-bond donors (Lipinski definition) is 1. The Morgan fingerprint density at radius 2 is 1.00 bits per heavy atom. The first kappa shape index (κ1) is 8.88. The Hall–Kier alpha value is -0.0400. The van der Waals surface area contributed by atoms with E-state index < -0.39 is 0 Å². The van der Waals surface area contributed by atoms with Crippen molar-refractivity contribution in [1.82, 2.24) is 0 Å². The first-order valence-electron chi connectivity index (χ1n) is 1.50. The molecule has 1 heteroatoms. The summed E-state index contributed by atoms with van der Waals surface area (Å²) in [6.45, 7) is 0. The summed E-state index contributed by atoms with van der Waals surface area (Å²) in [7, 11) is 6.25. The summed E-state index contributed by atoms with van der Waals surface area (Å²) in [4.78, 5) is 1.42. The summed E-state index contributed by atoms with van der Waals surface area (Å²) in [5.74, 6) is 0. The highest BCUT2D eigenvalue weighted by atomic mass is 15.0. The molecule has 0 amide bonds. The number of rotatable bonds is 0. The summed E-state index contributed by atoms with van der Waals surface area (Å²) < 4.78 is 0. The molecular weight excluding hydrogens is 62.1 g/mol. The predicted octanol–water partition coefficient (Wildman–Crippen LogP) is -0.789. The Morgan fingerprint density at radius 3 is 1.00 bits per heavy atom. The molecule has 0 fully saturated rings. The van der Waals surface area contributed by atoms with Gasteiger partial charge in [-0.15, -0.1) is 0 Å². The molecule has 1 nitrogen and oxygen atoms in total. The summed E-state index contributed by atoms with van der Waals surface area (Å²) >= 11 is 0. The standard InChI is InChI=1S/C3H9N.CH3/c1-4(2)3;/h1-3H3;1H3/q;-1/p+1. The number of nitrogens with one attached hydrogen (secondary N) is 1. The van der Waals surface area contributed by atoms with Gasteiger partial charge in [0.1, 0.15) is 0 Å². The molecule has 0 aromatic rings. The molecule has 0 heterocycles. The molecule has 0 spiro atoms. The van der Waals surface area contributed by atoms with Gasteiger partial charge in [0.2, 0.25) is 0 Å². The third-order valence-corrected chi connectivity index (χ3v) is 0. The van der Waals surface area contributed by atoms with Crippen LogP contribution in [0.2, 0.25) is 0 Å². The van der Waals surface area contributed by atoms with Crippen LogP contribution in [0.3, 0.4) is 0 Å². The van der Waals surface area contributed by atoms with E-state index in [0.717, 1.165) is 0 Å². The van der Waals surface area contributed by atoms with Crippen LogP contribution in [0.4, 0.5) is 0 Å². The van der Waals surface area contributed by atoms with Crippen molar-refractivity contribution in [3.05, 3.63) is 7.43 Å². The number of hydrogen-bond acceptors (Lipinski definition) is 0. The fraction of sp³-hybridized carbons (Fsp3) is 0.750. The van der Waals surface area contributed by atoms with Crippen molar-refractivity contribution in [1.29, 1.82) is 0 Å². The monoisotopic (exact) mass is 75.1 g/mol. The van der Waals surface area contributed by atoms with Crippen molar-refractivity contribution >= 4 is 0 Å². The molecule has 0 aliphatic carbocycles. The average Bonchev–Trinajstić information content (AvgIpc) is 0.811.